The van der Waals surface area contributed by atoms with E-state index in [2.05, 4.69) is 145 Å². The van der Waals surface area contributed by atoms with Gasteiger partial charge in [-0.05, 0) is 117 Å². The number of rotatable bonds is 12. The van der Waals surface area contributed by atoms with Crippen molar-refractivity contribution in [1.29, 1.82) is 0 Å². The number of thiophene rings is 2. The number of nitrogens with zero attached hydrogens (tertiary/aromatic N) is 10. The normalized spacial score (nSPS) is 12.9. The second-order valence-electron chi connectivity index (χ2n) is 27.1. The van der Waals surface area contributed by atoms with Gasteiger partial charge in [-0.15, -0.1) is 43.1 Å². The molecule has 12 nitrogen and oxygen atoms in total. The summed E-state index contributed by atoms with van der Waals surface area (Å²) >= 11 is 9.44. The monoisotopic (exact) mass is 1450 g/mol. The molecule has 0 spiro atoms. The summed E-state index contributed by atoms with van der Waals surface area (Å²) in [6.07, 6.45) is 0. The van der Waals surface area contributed by atoms with Gasteiger partial charge in [0, 0.05) is 101 Å². The third kappa shape index (κ3) is 14.3. The molecule has 7 heterocycles. The number of benzene rings is 12. The van der Waals surface area contributed by atoms with Gasteiger partial charge < -0.3 is 9.31 Å². The number of aromatic nitrogens is 10. The van der Waals surface area contributed by atoms with Gasteiger partial charge in [-0.1, -0.05) is 266 Å². The van der Waals surface area contributed by atoms with Gasteiger partial charge in [0.25, 0.3) is 0 Å². The lowest BCUT2D eigenvalue weighted by Crippen LogP contribution is -2.41. The molecule has 0 N–H and O–H groups in total. The Bertz CT molecular complexity index is 6100. The molecule has 0 bridgehead atoms. The van der Waals surface area contributed by atoms with Gasteiger partial charge in [-0.2, -0.15) is 0 Å². The molecule has 1 fully saturated rings. The highest BCUT2D eigenvalue weighted by molar-refractivity contribution is 7.26. The summed E-state index contributed by atoms with van der Waals surface area (Å²) in [5, 5.41) is 23.1. The third-order valence-electron chi connectivity index (χ3n) is 19.6. The summed E-state index contributed by atoms with van der Waals surface area (Å²) in [6.45, 7) is 8.31. The van der Waals surface area contributed by atoms with Gasteiger partial charge in [0.1, 0.15) is 0 Å². The minimum atomic E-state index is -0.563. The first-order valence-corrected chi connectivity index (χ1v) is 37.6. The van der Waals surface area contributed by atoms with E-state index in [4.69, 9.17) is 50.8 Å². The van der Waals surface area contributed by atoms with Gasteiger partial charge >= 0.3 is 7.12 Å². The molecule has 0 unspecified atom stereocenters. The maximum absolute atomic E-state index is 6.58. The molecule has 1 aliphatic rings. The number of halogens is 1. The highest BCUT2D eigenvalue weighted by atomic mass is 35.5. The van der Waals surface area contributed by atoms with Gasteiger partial charge in [-0.3, -0.25) is 0 Å². The number of fused-ring (bicyclic) bond motifs is 6. The summed E-state index contributed by atoms with van der Waals surface area (Å²) in [6, 6.07) is 111. The molecule has 1 aliphatic heterocycles. The fourth-order valence-corrected chi connectivity index (χ4v) is 15.5. The van der Waals surface area contributed by atoms with E-state index in [0.717, 1.165) is 100 Å². The fraction of sp³-hybridized carbons (Fsp3) is 0.0652. The van der Waals surface area contributed by atoms with E-state index in [0.29, 0.717) is 34.9 Å². The van der Waals surface area contributed by atoms with Crippen LogP contribution in [-0.2, 0) is 9.31 Å². The van der Waals surface area contributed by atoms with E-state index in [9.17, 15) is 0 Å². The summed E-state index contributed by atoms with van der Waals surface area (Å²) in [5.41, 5.74) is 15.2. The number of hydrogen-bond acceptors (Lipinski definition) is 14. The van der Waals surface area contributed by atoms with Crippen molar-refractivity contribution in [1.82, 2.24) is 50.3 Å². The smallest absolute Gasteiger partial charge is 0.399 e. The van der Waals surface area contributed by atoms with Crippen LogP contribution in [0.5, 0.6) is 0 Å². The Kier molecular flexibility index (Phi) is 19.0. The highest BCUT2D eigenvalue weighted by Gasteiger charge is 2.52. The zero-order chi connectivity index (χ0) is 73.1. The summed E-state index contributed by atoms with van der Waals surface area (Å²) in [5.74, 6) is 3.75. The van der Waals surface area contributed by atoms with E-state index >= 15 is 0 Å². The Morgan fingerprint density at radius 1 is 0.259 bits per heavy atom. The molecule has 0 amide bonds. The molecule has 19 rings (SSSR count). The first kappa shape index (κ1) is 68.6. The molecular formula is C92H66BClN10O2S2. The van der Waals surface area contributed by atoms with Crippen LogP contribution >= 0.6 is 34.3 Å². The van der Waals surface area contributed by atoms with Gasteiger partial charge in [0.15, 0.2) is 34.9 Å². The van der Waals surface area contributed by atoms with Crippen LogP contribution in [0.1, 0.15) is 27.7 Å². The average Bonchev–Trinajstić information content (AvgIpc) is 1.57. The maximum Gasteiger partial charge on any atom is 0.495 e. The second kappa shape index (κ2) is 29.8. The molecular weight excluding hydrogens is 1390 g/mol. The van der Waals surface area contributed by atoms with Crippen molar-refractivity contribution in [3.8, 4) is 124 Å². The largest absolute Gasteiger partial charge is 0.495 e. The maximum atomic E-state index is 6.58. The third-order valence-corrected chi connectivity index (χ3v) is 22.1. The lowest BCUT2D eigenvalue weighted by molar-refractivity contribution is 0.00578. The molecule has 518 valence electrons. The minimum Gasteiger partial charge on any atom is -0.399 e. The standard InChI is InChI=1S/C43H27N5S.C33H28BN3O2S.C16H11ClN2/c1-4-12-29(13-5-1)37-24-25-38(48-47-37)30-22-20-28(21-23-30)34-27-40-35(33-18-10-11-19-39(33)49-40)26-36(34)43-45-41(31-14-6-2-7-15-31)44-42(46-43)32-16-8-3-9-17-32;1-32(2)33(3,4)39-34(38-32)26-20-28-24(23-17-11-12-18-27(23)40-28)19-25(26)31-36-29(21-13-7-5-8-14-21)35-30(37-31)22-15-9-6-10-16-22;17-14-8-6-13(7-9-14)16-11-10-15(18-19-16)12-4-2-1-3-5-12/h1-27H;5-20H,1-4H3;1-11H. The van der Waals surface area contributed by atoms with Crippen molar-refractivity contribution in [3.05, 3.63) is 333 Å². The van der Waals surface area contributed by atoms with Crippen molar-refractivity contribution in [3.63, 3.8) is 0 Å². The molecule has 16 heteroatoms. The summed E-state index contributed by atoms with van der Waals surface area (Å²) in [4.78, 5) is 30.2. The van der Waals surface area contributed by atoms with Crippen LogP contribution in [0.25, 0.3) is 165 Å². The van der Waals surface area contributed by atoms with Crippen LogP contribution in [0.4, 0.5) is 0 Å². The highest BCUT2D eigenvalue weighted by Crippen LogP contribution is 2.44. The van der Waals surface area contributed by atoms with E-state index in [1.165, 1.54) is 40.3 Å². The van der Waals surface area contributed by atoms with Crippen LogP contribution in [0.15, 0.2) is 328 Å². The lowest BCUT2D eigenvalue weighted by atomic mass is 9.75. The average molecular weight is 1450 g/mol. The zero-order valence-electron chi connectivity index (χ0n) is 59.2. The molecule has 0 radical (unpaired) electrons. The van der Waals surface area contributed by atoms with Crippen LogP contribution in [0.2, 0.25) is 5.02 Å². The van der Waals surface area contributed by atoms with E-state index in [1.807, 2.05) is 231 Å². The van der Waals surface area contributed by atoms with Crippen molar-refractivity contribution < 1.29 is 9.31 Å². The van der Waals surface area contributed by atoms with Crippen LogP contribution < -0.4 is 5.46 Å². The molecule has 12 aromatic carbocycles. The van der Waals surface area contributed by atoms with Crippen LogP contribution in [0, 0.1) is 0 Å². The number of hydrogen-bond donors (Lipinski definition) is 0. The van der Waals surface area contributed by atoms with Crippen molar-refractivity contribution in [2.75, 3.05) is 0 Å². The van der Waals surface area contributed by atoms with Crippen molar-refractivity contribution in [2.45, 2.75) is 38.9 Å². The Balaban J connectivity index is 0.000000129. The molecule has 18 aromatic rings. The summed E-state index contributed by atoms with van der Waals surface area (Å²) < 4.78 is 18.0. The topological polar surface area (TPSA) is 147 Å². The first-order chi connectivity index (χ1) is 52.9. The van der Waals surface area contributed by atoms with E-state index < -0.39 is 18.3 Å². The van der Waals surface area contributed by atoms with Crippen molar-refractivity contribution >= 4 is 87.2 Å². The lowest BCUT2D eigenvalue weighted by Gasteiger charge is -2.32. The van der Waals surface area contributed by atoms with Gasteiger partial charge in [0.2, 0.25) is 0 Å². The van der Waals surface area contributed by atoms with Crippen molar-refractivity contribution in [2.24, 2.45) is 0 Å². The fourth-order valence-electron chi connectivity index (χ4n) is 13.1. The SMILES string of the molecule is CC1(C)OB(c2cc3sc4ccccc4c3cc2-c2nc(-c3ccccc3)nc(-c3ccccc3)n2)OC1(C)C.Clc1ccc(-c2ccc(-c3ccccc3)nn2)cc1.c1ccc(-c2ccc(-c3ccc(-c4cc5sc6ccccc6c5cc4-c4nc(-c5ccccc5)nc(-c5ccccc5)n4)cc3)nn2)cc1. The molecule has 108 heavy (non-hydrogen) atoms. The van der Waals surface area contributed by atoms with Gasteiger partial charge in [-0.25, -0.2) is 29.9 Å². The van der Waals surface area contributed by atoms with Crippen LogP contribution in [-0.4, -0.2) is 68.6 Å². The minimum absolute atomic E-state index is 0.479. The molecule has 0 aliphatic carbocycles. The predicted octanol–water partition coefficient (Wildman–Crippen LogP) is 23.0. The Hall–Kier alpha value is -12.5. The quantitative estimate of drug-likeness (QED) is 0.107. The summed E-state index contributed by atoms with van der Waals surface area (Å²) in [7, 11) is -0.563. The molecule has 0 saturated carbocycles. The van der Waals surface area contributed by atoms with Crippen LogP contribution in [0.3, 0.4) is 0 Å². The second-order valence-corrected chi connectivity index (χ2v) is 29.7. The Morgan fingerprint density at radius 3 is 0.935 bits per heavy atom. The first-order valence-electron chi connectivity index (χ1n) is 35.5. The predicted molar refractivity (Wildman–Crippen MR) is 444 cm³/mol. The Morgan fingerprint density at radius 2 is 0.556 bits per heavy atom. The Labute approximate surface area is 638 Å². The molecule has 1 saturated heterocycles. The van der Waals surface area contributed by atoms with E-state index in [-0.39, 0.29) is 0 Å². The zero-order valence-corrected chi connectivity index (χ0v) is 61.6. The molecule has 6 aromatic heterocycles. The van der Waals surface area contributed by atoms with Gasteiger partial charge in [0.05, 0.1) is 34.0 Å². The van der Waals surface area contributed by atoms with E-state index in [1.54, 1.807) is 22.7 Å². The molecule has 0 atom stereocenters.